The maximum atomic E-state index is 12.3. The second-order valence-corrected chi connectivity index (χ2v) is 4.12. The molecule has 2 aromatic rings. The minimum Gasteiger partial charge on any atom is -0.383 e. The van der Waals surface area contributed by atoms with E-state index in [1.165, 1.54) is 18.3 Å². The Balaban J connectivity index is 2.34. The standard InChI is InChI=1S/C14H12F3N3/c15-14(16,17)20-13(18)11-7-4-8-19-12(11)9-10-5-2-1-3-6-10/h1-8H,9H2,(H2,18,20). The quantitative estimate of drug-likeness (QED) is 0.533. The van der Waals surface area contributed by atoms with Crippen molar-refractivity contribution in [2.24, 2.45) is 10.7 Å². The highest BCUT2D eigenvalue weighted by Crippen LogP contribution is 2.18. The molecule has 0 aliphatic rings. The minimum absolute atomic E-state index is 0.202. The minimum atomic E-state index is -4.69. The zero-order valence-electron chi connectivity index (χ0n) is 10.4. The first-order chi connectivity index (χ1) is 9.46. The van der Waals surface area contributed by atoms with Gasteiger partial charge in [-0.1, -0.05) is 30.3 Å². The van der Waals surface area contributed by atoms with Crippen LogP contribution in [0.1, 0.15) is 16.8 Å². The van der Waals surface area contributed by atoms with Crippen LogP contribution in [0, 0.1) is 0 Å². The number of aliphatic imine (C=N–C) groups is 1. The van der Waals surface area contributed by atoms with Crippen molar-refractivity contribution in [3.8, 4) is 0 Å². The van der Waals surface area contributed by atoms with E-state index in [9.17, 15) is 13.2 Å². The summed E-state index contributed by atoms with van der Waals surface area (Å²) in [6.07, 6.45) is -2.78. The van der Waals surface area contributed by atoms with Crippen molar-refractivity contribution in [2.75, 3.05) is 0 Å². The van der Waals surface area contributed by atoms with Crippen molar-refractivity contribution >= 4 is 5.84 Å². The molecule has 104 valence electrons. The molecule has 2 N–H and O–H groups in total. The van der Waals surface area contributed by atoms with Crippen LogP contribution in [0.2, 0.25) is 0 Å². The fraction of sp³-hybridized carbons (Fsp3) is 0.143. The van der Waals surface area contributed by atoms with E-state index in [1.807, 2.05) is 30.3 Å². The van der Waals surface area contributed by atoms with Crippen molar-refractivity contribution in [2.45, 2.75) is 12.7 Å². The number of rotatable bonds is 3. The molecule has 0 radical (unpaired) electrons. The fourth-order valence-electron chi connectivity index (χ4n) is 1.80. The predicted octanol–water partition coefficient (Wildman–Crippen LogP) is 2.90. The summed E-state index contributed by atoms with van der Waals surface area (Å²) in [6, 6.07) is 12.3. The van der Waals surface area contributed by atoms with Gasteiger partial charge in [0.1, 0.15) is 5.84 Å². The number of pyridine rings is 1. The molecule has 0 fully saturated rings. The molecular weight excluding hydrogens is 267 g/mol. The van der Waals surface area contributed by atoms with E-state index in [1.54, 1.807) is 0 Å². The number of alkyl halides is 3. The lowest BCUT2D eigenvalue weighted by Crippen LogP contribution is -2.21. The third kappa shape index (κ3) is 3.81. The van der Waals surface area contributed by atoms with Gasteiger partial charge >= 0.3 is 6.30 Å². The molecule has 0 saturated carbocycles. The SMILES string of the molecule is NC(=NC(F)(F)F)c1cccnc1Cc1ccccc1. The molecule has 0 spiro atoms. The number of amidine groups is 1. The monoisotopic (exact) mass is 279 g/mol. The van der Waals surface area contributed by atoms with Crippen LogP contribution in [0.15, 0.2) is 53.7 Å². The van der Waals surface area contributed by atoms with Gasteiger partial charge in [0.05, 0.1) is 5.69 Å². The Hall–Kier alpha value is -2.37. The van der Waals surface area contributed by atoms with Crippen LogP contribution in [0.5, 0.6) is 0 Å². The number of nitrogens with two attached hydrogens (primary N) is 1. The van der Waals surface area contributed by atoms with Crippen LogP contribution in [0.4, 0.5) is 13.2 Å². The maximum Gasteiger partial charge on any atom is 0.505 e. The summed E-state index contributed by atoms with van der Waals surface area (Å²) in [5, 5.41) is 0. The number of aromatic nitrogens is 1. The number of nitrogens with zero attached hydrogens (tertiary/aromatic N) is 2. The average molecular weight is 279 g/mol. The predicted molar refractivity (Wildman–Crippen MR) is 70.3 cm³/mol. The summed E-state index contributed by atoms with van der Waals surface area (Å²) >= 11 is 0. The van der Waals surface area contributed by atoms with Gasteiger partial charge in [0.25, 0.3) is 0 Å². The third-order valence-electron chi connectivity index (χ3n) is 2.63. The fourth-order valence-corrected chi connectivity index (χ4v) is 1.80. The van der Waals surface area contributed by atoms with Gasteiger partial charge in [-0.3, -0.25) is 4.98 Å². The van der Waals surface area contributed by atoms with Crippen LogP contribution < -0.4 is 5.73 Å². The van der Waals surface area contributed by atoms with Gasteiger partial charge in [0.2, 0.25) is 0 Å². The van der Waals surface area contributed by atoms with Crippen LogP contribution >= 0.6 is 0 Å². The lowest BCUT2D eigenvalue weighted by Gasteiger charge is -2.09. The molecule has 0 unspecified atom stereocenters. The summed E-state index contributed by atoms with van der Waals surface area (Å²) in [5.74, 6) is -0.573. The molecule has 0 saturated heterocycles. The van der Waals surface area contributed by atoms with Gasteiger partial charge in [-0.25, -0.2) is 0 Å². The van der Waals surface area contributed by atoms with Crippen LogP contribution in [-0.2, 0) is 6.42 Å². The van der Waals surface area contributed by atoms with Gasteiger partial charge in [-0.15, -0.1) is 13.2 Å². The molecule has 1 heterocycles. The molecule has 0 aliphatic heterocycles. The second-order valence-electron chi connectivity index (χ2n) is 4.12. The number of halogens is 3. The summed E-state index contributed by atoms with van der Waals surface area (Å²) in [6.45, 7) is 0. The van der Waals surface area contributed by atoms with E-state index in [2.05, 4.69) is 9.98 Å². The van der Waals surface area contributed by atoms with Crippen molar-refractivity contribution in [1.29, 1.82) is 0 Å². The first-order valence-corrected chi connectivity index (χ1v) is 5.86. The lowest BCUT2D eigenvalue weighted by molar-refractivity contribution is -0.119. The van der Waals surface area contributed by atoms with Crippen molar-refractivity contribution < 1.29 is 13.2 Å². The van der Waals surface area contributed by atoms with E-state index in [4.69, 9.17) is 5.73 Å². The Kier molecular flexibility index (Phi) is 4.02. The van der Waals surface area contributed by atoms with Gasteiger partial charge in [0.15, 0.2) is 0 Å². The van der Waals surface area contributed by atoms with Gasteiger partial charge in [-0.05, 0) is 17.7 Å². The van der Waals surface area contributed by atoms with Crippen LogP contribution in [0.25, 0.3) is 0 Å². The molecule has 0 aliphatic carbocycles. The molecule has 6 heteroatoms. The summed E-state index contributed by atoms with van der Waals surface area (Å²) < 4.78 is 36.8. The Bertz CT molecular complexity index is 607. The van der Waals surface area contributed by atoms with Crippen molar-refractivity contribution in [1.82, 2.24) is 4.98 Å². The van der Waals surface area contributed by atoms with E-state index in [0.29, 0.717) is 12.1 Å². The summed E-state index contributed by atoms with van der Waals surface area (Å²) in [4.78, 5) is 6.63. The molecule has 1 aromatic heterocycles. The van der Waals surface area contributed by atoms with E-state index in [-0.39, 0.29) is 5.56 Å². The van der Waals surface area contributed by atoms with Gasteiger partial charge in [0, 0.05) is 18.2 Å². The Morgan fingerprint density at radius 3 is 2.45 bits per heavy atom. The van der Waals surface area contributed by atoms with E-state index >= 15 is 0 Å². The van der Waals surface area contributed by atoms with Gasteiger partial charge < -0.3 is 5.73 Å². The first kappa shape index (κ1) is 14.0. The molecule has 2 rings (SSSR count). The Morgan fingerprint density at radius 2 is 1.80 bits per heavy atom. The zero-order chi connectivity index (χ0) is 14.6. The molecular formula is C14H12F3N3. The number of benzene rings is 1. The van der Waals surface area contributed by atoms with Gasteiger partial charge in [-0.2, -0.15) is 4.99 Å². The second kappa shape index (κ2) is 5.73. The van der Waals surface area contributed by atoms with Crippen LogP contribution in [-0.4, -0.2) is 17.1 Å². The molecule has 1 aromatic carbocycles. The normalized spacial score (nSPS) is 12.4. The van der Waals surface area contributed by atoms with Crippen molar-refractivity contribution in [3.63, 3.8) is 0 Å². The average Bonchev–Trinajstić information content (AvgIpc) is 2.38. The number of hydrogen-bond acceptors (Lipinski definition) is 2. The Labute approximate surface area is 114 Å². The molecule has 3 nitrogen and oxygen atoms in total. The van der Waals surface area contributed by atoms with Crippen molar-refractivity contribution in [3.05, 3.63) is 65.5 Å². The highest BCUT2D eigenvalue weighted by atomic mass is 19.4. The topological polar surface area (TPSA) is 51.3 Å². The summed E-state index contributed by atoms with van der Waals surface area (Å²) in [5.41, 5.74) is 7.03. The highest BCUT2D eigenvalue weighted by Gasteiger charge is 2.27. The van der Waals surface area contributed by atoms with E-state index in [0.717, 1.165) is 5.56 Å². The third-order valence-corrected chi connectivity index (χ3v) is 2.63. The largest absolute Gasteiger partial charge is 0.505 e. The molecule has 0 atom stereocenters. The number of hydrogen-bond donors (Lipinski definition) is 1. The molecule has 0 bridgehead atoms. The summed E-state index contributed by atoms with van der Waals surface area (Å²) in [7, 11) is 0. The molecule has 20 heavy (non-hydrogen) atoms. The van der Waals surface area contributed by atoms with E-state index < -0.39 is 12.1 Å². The van der Waals surface area contributed by atoms with Crippen LogP contribution in [0.3, 0.4) is 0 Å². The lowest BCUT2D eigenvalue weighted by atomic mass is 10.0. The highest BCUT2D eigenvalue weighted by molar-refractivity contribution is 5.98. The Morgan fingerprint density at radius 1 is 1.10 bits per heavy atom. The first-order valence-electron chi connectivity index (χ1n) is 5.86. The zero-order valence-corrected chi connectivity index (χ0v) is 10.4. The smallest absolute Gasteiger partial charge is 0.383 e. The molecule has 0 amide bonds. The maximum absolute atomic E-state index is 12.3.